The van der Waals surface area contributed by atoms with Crippen LogP contribution in [0.5, 0.6) is 0 Å². The summed E-state index contributed by atoms with van der Waals surface area (Å²) in [6, 6.07) is 0. The van der Waals surface area contributed by atoms with Crippen LogP contribution in [0.25, 0.3) is 0 Å². The van der Waals surface area contributed by atoms with Crippen LogP contribution in [0, 0.1) is 23.2 Å². The highest BCUT2D eigenvalue weighted by Crippen LogP contribution is 2.61. The normalized spacial score (nSPS) is 50.4. The average molecular weight is 209 g/mol. The van der Waals surface area contributed by atoms with Crippen molar-refractivity contribution in [2.75, 3.05) is 6.54 Å². The van der Waals surface area contributed by atoms with Crippen LogP contribution in [0.1, 0.15) is 44.9 Å². The summed E-state index contributed by atoms with van der Waals surface area (Å²) in [4.78, 5) is 0. The highest BCUT2D eigenvalue weighted by Gasteiger charge is 2.54. The second-order valence-electron chi connectivity index (χ2n) is 6.28. The summed E-state index contributed by atoms with van der Waals surface area (Å²) in [6.07, 6.45) is 9.28. The second-order valence-corrected chi connectivity index (χ2v) is 6.28. The van der Waals surface area contributed by atoms with E-state index in [2.05, 4.69) is 0 Å². The molecule has 3 bridgehead atoms. The Kier molecular flexibility index (Phi) is 2.33. The van der Waals surface area contributed by atoms with Gasteiger partial charge in [-0.15, -0.1) is 0 Å². The van der Waals surface area contributed by atoms with Gasteiger partial charge in [-0.1, -0.05) is 19.3 Å². The third-order valence-electron chi connectivity index (χ3n) is 5.45. The van der Waals surface area contributed by atoms with E-state index in [-0.39, 0.29) is 11.5 Å². The highest BCUT2D eigenvalue weighted by atomic mass is 16.3. The molecule has 0 saturated heterocycles. The molecule has 0 aromatic carbocycles. The van der Waals surface area contributed by atoms with E-state index < -0.39 is 0 Å². The number of fused-ring (bicyclic) bond motifs is 2. The molecule has 0 aromatic rings. The van der Waals surface area contributed by atoms with Crippen LogP contribution in [-0.2, 0) is 0 Å². The SMILES string of the molecule is NCC(O)C12CC3CCCC(C1)C(C3)C2. The minimum atomic E-state index is -0.231. The summed E-state index contributed by atoms with van der Waals surface area (Å²) in [5, 5.41) is 10.2. The Morgan fingerprint density at radius 2 is 2.00 bits per heavy atom. The van der Waals surface area contributed by atoms with Crippen molar-refractivity contribution in [2.24, 2.45) is 28.9 Å². The first kappa shape index (κ1) is 10.1. The van der Waals surface area contributed by atoms with Crippen LogP contribution in [0.2, 0.25) is 0 Å². The number of aliphatic hydroxyl groups is 1. The number of hydrogen-bond acceptors (Lipinski definition) is 2. The molecule has 5 unspecified atom stereocenters. The molecule has 3 fully saturated rings. The van der Waals surface area contributed by atoms with E-state index in [1.807, 2.05) is 0 Å². The molecular weight excluding hydrogens is 186 g/mol. The lowest BCUT2D eigenvalue weighted by molar-refractivity contribution is -0.00554. The Balaban J connectivity index is 1.88. The van der Waals surface area contributed by atoms with Crippen LogP contribution in [-0.4, -0.2) is 17.8 Å². The van der Waals surface area contributed by atoms with Gasteiger partial charge in [0.15, 0.2) is 0 Å². The van der Waals surface area contributed by atoms with Gasteiger partial charge in [-0.3, -0.25) is 0 Å². The lowest BCUT2D eigenvalue weighted by atomic mass is 9.67. The summed E-state index contributed by atoms with van der Waals surface area (Å²) in [5.41, 5.74) is 5.91. The Labute approximate surface area is 92.2 Å². The van der Waals surface area contributed by atoms with E-state index in [9.17, 15) is 5.11 Å². The molecule has 3 rings (SSSR count). The van der Waals surface area contributed by atoms with E-state index in [4.69, 9.17) is 5.73 Å². The molecular formula is C13H23NO. The summed E-state index contributed by atoms with van der Waals surface area (Å²) in [5.74, 6) is 2.74. The first-order valence-electron chi connectivity index (χ1n) is 6.62. The van der Waals surface area contributed by atoms with E-state index in [0.29, 0.717) is 6.54 Å². The summed E-state index contributed by atoms with van der Waals surface area (Å²) in [6.45, 7) is 0.464. The van der Waals surface area contributed by atoms with Crippen molar-refractivity contribution >= 4 is 0 Å². The van der Waals surface area contributed by atoms with Gasteiger partial charge in [-0.2, -0.15) is 0 Å². The molecule has 3 N–H and O–H groups in total. The van der Waals surface area contributed by atoms with Crippen molar-refractivity contribution < 1.29 is 5.11 Å². The first-order valence-corrected chi connectivity index (χ1v) is 6.62. The second kappa shape index (κ2) is 3.46. The van der Waals surface area contributed by atoms with E-state index >= 15 is 0 Å². The molecule has 3 aliphatic rings. The van der Waals surface area contributed by atoms with Crippen LogP contribution >= 0.6 is 0 Å². The summed E-state index contributed by atoms with van der Waals surface area (Å²) in [7, 11) is 0. The molecule has 15 heavy (non-hydrogen) atoms. The molecule has 0 aliphatic heterocycles. The Morgan fingerprint density at radius 3 is 2.80 bits per heavy atom. The number of rotatable bonds is 2. The Morgan fingerprint density at radius 1 is 1.20 bits per heavy atom. The topological polar surface area (TPSA) is 46.2 Å². The summed E-state index contributed by atoms with van der Waals surface area (Å²) >= 11 is 0. The molecule has 0 radical (unpaired) electrons. The number of nitrogens with two attached hydrogens (primary N) is 1. The molecule has 0 spiro atoms. The van der Waals surface area contributed by atoms with Crippen LogP contribution < -0.4 is 5.73 Å². The van der Waals surface area contributed by atoms with E-state index in [0.717, 1.165) is 17.8 Å². The summed E-state index contributed by atoms with van der Waals surface area (Å²) < 4.78 is 0. The van der Waals surface area contributed by atoms with Gasteiger partial charge < -0.3 is 10.8 Å². The maximum atomic E-state index is 10.2. The molecule has 3 aliphatic carbocycles. The zero-order valence-electron chi connectivity index (χ0n) is 9.49. The zero-order chi connectivity index (χ0) is 10.5. The fourth-order valence-corrected chi connectivity index (χ4v) is 4.87. The smallest absolute Gasteiger partial charge is 0.0718 e. The lowest BCUT2D eigenvalue weighted by Gasteiger charge is -2.41. The third-order valence-corrected chi connectivity index (χ3v) is 5.45. The van der Waals surface area contributed by atoms with Gasteiger partial charge in [0.2, 0.25) is 0 Å². The largest absolute Gasteiger partial charge is 0.391 e. The molecule has 0 heterocycles. The average Bonchev–Trinajstić information content (AvgIpc) is 2.40. The van der Waals surface area contributed by atoms with Gasteiger partial charge >= 0.3 is 0 Å². The monoisotopic (exact) mass is 209 g/mol. The van der Waals surface area contributed by atoms with Crippen molar-refractivity contribution in [3.8, 4) is 0 Å². The maximum Gasteiger partial charge on any atom is 0.0718 e. The molecule has 2 nitrogen and oxygen atoms in total. The fourth-order valence-electron chi connectivity index (χ4n) is 4.87. The van der Waals surface area contributed by atoms with E-state index in [1.165, 1.54) is 44.9 Å². The van der Waals surface area contributed by atoms with E-state index in [1.54, 1.807) is 0 Å². The number of aliphatic hydroxyl groups excluding tert-OH is 1. The van der Waals surface area contributed by atoms with Crippen molar-refractivity contribution in [2.45, 2.75) is 51.0 Å². The van der Waals surface area contributed by atoms with Crippen molar-refractivity contribution in [1.29, 1.82) is 0 Å². The van der Waals surface area contributed by atoms with Gasteiger partial charge in [0, 0.05) is 6.54 Å². The molecule has 2 heteroatoms. The molecule has 3 saturated carbocycles. The van der Waals surface area contributed by atoms with Gasteiger partial charge in [0.1, 0.15) is 0 Å². The number of hydrogen-bond donors (Lipinski definition) is 2. The predicted molar refractivity (Wildman–Crippen MR) is 60.3 cm³/mol. The first-order chi connectivity index (χ1) is 7.23. The Hall–Kier alpha value is -0.0800. The minimum Gasteiger partial charge on any atom is -0.391 e. The zero-order valence-corrected chi connectivity index (χ0v) is 9.49. The lowest BCUT2D eigenvalue weighted by Crippen LogP contribution is -2.42. The van der Waals surface area contributed by atoms with Crippen LogP contribution in [0.3, 0.4) is 0 Å². The van der Waals surface area contributed by atoms with Gasteiger partial charge in [-0.05, 0) is 48.9 Å². The van der Waals surface area contributed by atoms with Crippen LogP contribution in [0.4, 0.5) is 0 Å². The highest BCUT2D eigenvalue weighted by molar-refractivity contribution is 5.04. The molecule has 0 amide bonds. The third kappa shape index (κ3) is 1.45. The van der Waals surface area contributed by atoms with Gasteiger partial charge in [-0.25, -0.2) is 0 Å². The predicted octanol–water partition coefficient (Wildman–Crippen LogP) is 1.91. The maximum absolute atomic E-state index is 10.2. The van der Waals surface area contributed by atoms with Crippen LogP contribution in [0.15, 0.2) is 0 Å². The quantitative estimate of drug-likeness (QED) is 0.730. The van der Waals surface area contributed by atoms with Gasteiger partial charge in [0.25, 0.3) is 0 Å². The van der Waals surface area contributed by atoms with Gasteiger partial charge in [0.05, 0.1) is 6.10 Å². The molecule has 0 aromatic heterocycles. The fraction of sp³-hybridized carbons (Fsp3) is 1.00. The molecule has 5 atom stereocenters. The van der Waals surface area contributed by atoms with Crippen molar-refractivity contribution in [3.05, 3.63) is 0 Å². The minimum absolute atomic E-state index is 0.230. The van der Waals surface area contributed by atoms with Crippen molar-refractivity contribution in [1.82, 2.24) is 0 Å². The Bertz CT molecular complexity index is 251. The standard InChI is InChI=1S/C13H23NO/c14-8-12(15)13-5-9-2-1-3-10(6-13)11(4-9)7-13/h9-12,15H,1-8,14H2. The van der Waals surface area contributed by atoms with Crippen molar-refractivity contribution in [3.63, 3.8) is 0 Å². The molecule has 86 valence electrons.